The summed E-state index contributed by atoms with van der Waals surface area (Å²) in [6.07, 6.45) is 2.17. The summed E-state index contributed by atoms with van der Waals surface area (Å²) in [5.74, 6) is 0.924. The topological polar surface area (TPSA) is 78.1 Å². The predicted octanol–water partition coefficient (Wildman–Crippen LogP) is 3.08. The lowest BCUT2D eigenvalue weighted by molar-refractivity contribution is 0.188. The lowest BCUT2D eigenvalue weighted by atomic mass is 9.99. The SMILES string of the molecule is O=c1cc(-c2ccc3c(c2)C(N2CCC(O)C2)=NC3)ccn1[C@H](CO)c1cccc(Cl)c1. The van der Waals surface area contributed by atoms with E-state index in [-0.39, 0.29) is 18.3 Å². The van der Waals surface area contributed by atoms with Gasteiger partial charge in [0.25, 0.3) is 5.56 Å². The molecular weight excluding hydrogens is 426 g/mol. The summed E-state index contributed by atoms with van der Waals surface area (Å²) in [6, 6.07) is 16.3. The number of hydrogen-bond acceptors (Lipinski definition) is 5. The molecule has 0 aliphatic carbocycles. The number of aliphatic imine (C=N–C) groups is 1. The molecular formula is C25H24ClN3O3. The van der Waals surface area contributed by atoms with Gasteiger partial charge in [-0.3, -0.25) is 9.79 Å². The molecule has 3 aromatic rings. The molecule has 2 atom stereocenters. The molecule has 1 unspecified atom stereocenters. The average Bonchev–Trinajstić information content (AvgIpc) is 3.40. The van der Waals surface area contributed by atoms with Crippen LogP contribution in [0.15, 0.2) is 70.6 Å². The van der Waals surface area contributed by atoms with Gasteiger partial charge in [0.05, 0.1) is 25.3 Å². The summed E-state index contributed by atoms with van der Waals surface area (Å²) in [5.41, 5.74) is 4.54. The van der Waals surface area contributed by atoms with Gasteiger partial charge in [-0.2, -0.15) is 0 Å². The minimum absolute atomic E-state index is 0.196. The second kappa shape index (κ2) is 8.54. The first-order valence-electron chi connectivity index (χ1n) is 10.7. The van der Waals surface area contributed by atoms with E-state index in [1.165, 1.54) is 4.57 Å². The summed E-state index contributed by atoms with van der Waals surface area (Å²) < 4.78 is 1.53. The minimum Gasteiger partial charge on any atom is -0.394 e. The number of rotatable bonds is 4. The molecule has 3 heterocycles. The van der Waals surface area contributed by atoms with Gasteiger partial charge in [0, 0.05) is 35.9 Å². The number of benzene rings is 2. The molecule has 1 fully saturated rings. The fourth-order valence-corrected chi connectivity index (χ4v) is 4.75. The Morgan fingerprint density at radius 1 is 1.12 bits per heavy atom. The molecule has 0 saturated carbocycles. The zero-order chi connectivity index (χ0) is 22.2. The van der Waals surface area contributed by atoms with Crippen LogP contribution in [-0.4, -0.2) is 51.3 Å². The third-order valence-electron chi connectivity index (χ3n) is 6.24. The van der Waals surface area contributed by atoms with Crippen LogP contribution in [0.3, 0.4) is 0 Å². The Bertz CT molecular complexity index is 1250. The molecule has 1 saturated heterocycles. The van der Waals surface area contributed by atoms with E-state index >= 15 is 0 Å². The Morgan fingerprint density at radius 2 is 1.97 bits per heavy atom. The van der Waals surface area contributed by atoms with E-state index in [2.05, 4.69) is 22.0 Å². The number of aromatic nitrogens is 1. The Morgan fingerprint density at radius 3 is 2.69 bits per heavy atom. The highest BCUT2D eigenvalue weighted by molar-refractivity contribution is 6.30. The van der Waals surface area contributed by atoms with E-state index in [1.54, 1.807) is 24.4 Å². The third kappa shape index (κ3) is 3.86. The molecule has 2 aliphatic rings. The number of aliphatic hydroxyl groups excluding tert-OH is 2. The molecule has 2 aliphatic heterocycles. The van der Waals surface area contributed by atoms with Crippen molar-refractivity contribution in [3.8, 4) is 11.1 Å². The number of likely N-dealkylation sites (tertiary alicyclic amines) is 1. The summed E-state index contributed by atoms with van der Waals surface area (Å²) >= 11 is 6.10. The number of aliphatic hydroxyl groups is 2. The molecule has 32 heavy (non-hydrogen) atoms. The van der Waals surface area contributed by atoms with Gasteiger partial charge < -0.3 is 19.7 Å². The number of β-amino-alcohol motifs (C(OH)–C–C–N with tert-alkyl or cyclic N) is 1. The van der Waals surface area contributed by atoms with Crippen LogP contribution < -0.4 is 5.56 Å². The number of fused-ring (bicyclic) bond motifs is 1. The maximum absolute atomic E-state index is 13.0. The van der Waals surface area contributed by atoms with Gasteiger partial charge >= 0.3 is 0 Å². The van der Waals surface area contributed by atoms with Gasteiger partial charge in [-0.15, -0.1) is 0 Å². The molecule has 1 aromatic heterocycles. The summed E-state index contributed by atoms with van der Waals surface area (Å²) in [4.78, 5) is 19.8. The first-order chi connectivity index (χ1) is 15.5. The van der Waals surface area contributed by atoms with E-state index in [9.17, 15) is 15.0 Å². The van der Waals surface area contributed by atoms with Gasteiger partial charge in [-0.05, 0) is 52.9 Å². The van der Waals surface area contributed by atoms with Gasteiger partial charge in [-0.25, -0.2) is 0 Å². The molecule has 6 nitrogen and oxygen atoms in total. The van der Waals surface area contributed by atoms with Crippen LogP contribution in [0.5, 0.6) is 0 Å². The molecule has 0 bridgehead atoms. The molecule has 0 radical (unpaired) electrons. The molecule has 0 amide bonds. The van der Waals surface area contributed by atoms with Crippen molar-refractivity contribution in [3.63, 3.8) is 0 Å². The number of amidine groups is 1. The quantitative estimate of drug-likeness (QED) is 0.641. The molecule has 0 spiro atoms. The largest absolute Gasteiger partial charge is 0.394 e. The predicted molar refractivity (Wildman–Crippen MR) is 125 cm³/mol. The summed E-state index contributed by atoms with van der Waals surface area (Å²) in [7, 11) is 0. The van der Waals surface area contributed by atoms with Crippen molar-refractivity contribution < 1.29 is 10.2 Å². The standard InChI is InChI=1S/C25H24ClN3O3/c26-20-3-1-2-18(10-20)23(15-30)29-9-6-17(12-24(29)32)16-4-5-19-13-27-25(22(19)11-16)28-8-7-21(31)14-28/h1-6,9-12,21,23,30-31H,7-8,13-15H2/t21?,23-/m1/s1. The van der Waals surface area contributed by atoms with E-state index in [0.717, 1.165) is 46.6 Å². The maximum atomic E-state index is 13.0. The third-order valence-corrected chi connectivity index (χ3v) is 6.47. The molecule has 5 rings (SSSR count). The first-order valence-corrected chi connectivity index (χ1v) is 11.1. The zero-order valence-corrected chi connectivity index (χ0v) is 18.2. The van der Waals surface area contributed by atoms with Crippen LogP contribution in [0.2, 0.25) is 5.02 Å². The second-order valence-electron chi connectivity index (χ2n) is 8.31. The van der Waals surface area contributed by atoms with Crippen LogP contribution in [-0.2, 0) is 6.54 Å². The van der Waals surface area contributed by atoms with E-state index in [4.69, 9.17) is 11.6 Å². The van der Waals surface area contributed by atoms with Gasteiger partial charge in [0.1, 0.15) is 5.84 Å². The zero-order valence-electron chi connectivity index (χ0n) is 17.5. The monoisotopic (exact) mass is 449 g/mol. The Hall–Kier alpha value is -2.93. The number of pyridine rings is 1. The van der Waals surface area contributed by atoms with Crippen molar-refractivity contribution in [2.45, 2.75) is 25.1 Å². The van der Waals surface area contributed by atoms with Crippen molar-refractivity contribution in [1.82, 2.24) is 9.47 Å². The fraction of sp³-hybridized carbons (Fsp3) is 0.280. The molecule has 164 valence electrons. The molecule has 2 aromatic carbocycles. The minimum atomic E-state index is -0.504. The van der Waals surface area contributed by atoms with Gasteiger partial charge in [-0.1, -0.05) is 35.9 Å². The van der Waals surface area contributed by atoms with Crippen molar-refractivity contribution in [2.24, 2.45) is 4.99 Å². The van der Waals surface area contributed by atoms with Crippen LogP contribution in [0.1, 0.15) is 29.2 Å². The highest BCUT2D eigenvalue weighted by Crippen LogP contribution is 2.29. The Kier molecular flexibility index (Phi) is 5.59. The lowest BCUT2D eigenvalue weighted by Crippen LogP contribution is -2.29. The fourth-order valence-electron chi connectivity index (χ4n) is 4.55. The normalized spacial score (nSPS) is 18.5. The number of nitrogens with zero attached hydrogens (tertiary/aromatic N) is 3. The van der Waals surface area contributed by atoms with Crippen LogP contribution in [0.25, 0.3) is 11.1 Å². The second-order valence-corrected chi connectivity index (χ2v) is 8.75. The van der Waals surface area contributed by atoms with Crippen molar-refractivity contribution in [1.29, 1.82) is 0 Å². The van der Waals surface area contributed by atoms with E-state index in [0.29, 0.717) is 18.1 Å². The smallest absolute Gasteiger partial charge is 0.251 e. The summed E-state index contributed by atoms with van der Waals surface area (Å²) in [6.45, 7) is 1.83. The number of halogens is 1. The number of hydrogen-bond donors (Lipinski definition) is 2. The van der Waals surface area contributed by atoms with Gasteiger partial charge in [0.2, 0.25) is 0 Å². The van der Waals surface area contributed by atoms with Crippen LogP contribution in [0.4, 0.5) is 0 Å². The van der Waals surface area contributed by atoms with E-state index < -0.39 is 6.04 Å². The Labute approximate surface area is 191 Å². The average molecular weight is 450 g/mol. The summed E-state index contributed by atoms with van der Waals surface area (Å²) in [5, 5.41) is 20.4. The van der Waals surface area contributed by atoms with Crippen molar-refractivity contribution in [2.75, 3.05) is 19.7 Å². The van der Waals surface area contributed by atoms with E-state index in [1.807, 2.05) is 24.3 Å². The van der Waals surface area contributed by atoms with Gasteiger partial charge in [0.15, 0.2) is 0 Å². The lowest BCUT2D eigenvalue weighted by Gasteiger charge is -2.20. The highest BCUT2D eigenvalue weighted by Gasteiger charge is 2.28. The molecule has 7 heteroatoms. The maximum Gasteiger partial charge on any atom is 0.251 e. The Balaban J connectivity index is 1.46. The van der Waals surface area contributed by atoms with Crippen LogP contribution >= 0.6 is 11.6 Å². The van der Waals surface area contributed by atoms with Crippen LogP contribution in [0, 0.1) is 0 Å². The first kappa shape index (κ1) is 20.9. The molecule has 2 N–H and O–H groups in total. The van der Waals surface area contributed by atoms with Crippen molar-refractivity contribution in [3.05, 3.63) is 92.9 Å². The van der Waals surface area contributed by atoms with Crippen molar-refractivity contribution >= 4 is 17.4 Å². The highest BCUT2D eigenvalue weighted by atomic mass is 35.5.